The van der Waals surface area contributed by atoms with Crippen molar-refractivity contribution in [1.82, 2.24) is 0 Å². The fourth-order valence-corrected chi connectivity index (χ4v) is 6.12. The molecule has 0 radical (unpaired) electrons. The minimum absolute atomic E-state index is 0.00990. The molecule has 0 aliphatic rings. The zero-order chi connectivity index (χ0) is 27.6. The van der Waals surface area contributed by atoms with Gasteiger partial charge in [0.15, 0.2) is 0 Å². The summed E-state index contributed by atoms with van der Waals surface area (Å²) in [7, 11) is 0. The molecule has 0 fully saturated rings. The van der Waals surface area contributed by atoms with Gasteiger partial charge in [-0.2, -0.15) is 0 Å². The van der Waals surface area contributed by atoms with Gasteiger partial charge in [-0.3, -0.25) is 0 Å². The molecule has 0 aliphatic heterocycles. The van der Waals surface area contributed by atoms with Crippen LogP contribution in [0.25, 0.3) is 0 Å². The molecule has 1 aromatic rings. The van der Waals surface area contributed by atoms with Gasteiger partial charge in [0.1, 0.15) is 11.5 Å². The van der Waals surface area contributed by atoms with Crippen LogP contribution in [0.4, 0.5) is 0 Å². The van der Waals surface area contributed by atoms with Gasteiger partial charge in [-0.1, -0.05) is 122 Å². The van der Waals surface area contributed by atoms with Crippen molar-refractivity contribution in [2.45, 2.75) is 158 Å². The predicted octanol–water partition coefficient (Wildman–Crippen LogP) is 11.0. The molecule has 0 aliphatic carbocycles. The molecule has 0 heterocycles. The van der Waals surface area contributed by atoms with Crippen LogP contribution < -0.4 is 9.47 Å². The van der Waals surface area contributed by atoms with Crippen LogP contribution in [0.15, 0.2) is 12.1 Å². The average Bonchev–Trinajstić information content (AvgIpc) is 2.70. The Labute approximate surface area is 226 Å². The molecule has 1 rings (SSSR count). The van der Waals surface area contributed by atoms with E-state index in [4.69, 9.17) is 9.47 Å². The summed E-state index contributed by atoms with van der Waals surface area (Å²) in [4.78, 5) is 0. The molecule has 0 aromatic heterocycles. The van der Waals surface area contributed by atoms with E-state index >= 15 is 0 Å². The molecule has 0 spiro atoms. The van der Waals surface area contributed by atoms with Crippen molar-refractivity contribution in [2.75, 3.05) is 13.2 Å². The number of unbranched alkanes of at least 4 members (excludes halogenated alkanes) is 6. The van der Waals surface area contributed by atoms with Crippen LogP contribution in [0.1, 0.15) is 158 Å². The molecule has 0 N–H and O–H groups in total. The Morgan fingerprint density at radius 1 is 0.500 bits per heavy atom. The molecule has 0 unspecified atom stereocenters. The van der Waals surface area contributed by atoms with Gasteiger partial charge in [-0.15, -0.1) is 0 Å². The van der Waals surface area contributed by atoms with Crippen molar-refractivity contribution in [3.63, 3.8) is 0 Å². The molecule has 36 heavy (non-hydrogen) atoms. The van der Waals surface area contributed by atoms with Crippen LogP contribution in [0.5, 0.6) is 11.5 Å². The highest BCUT2D eigenvalue weighted by Gasteiger charge is 2.35. The first-order chi connectivity index (χ1) is 16.5. The van der Waals surface area contributed by atoms with Gasteiger partial charge in [0.25, 0.3) is 0 Å². The second kappa shape index (κ2) is 14.1. The van der Waals surface area contributed by atoms with E-state index in [-0.39, 0.29) is 21.7 Å². The third-order valence-electron chi connectivity index (χ3n) is 7.00. The maximum Gasteiger partial charge on any atom is 0.123 e. The largest absolute Gasteiger partial charge is 0.493 e. The number of benzene rings is 1. The van der Waals surface area contributed by atoms with Crippen LogP contribution in [-0.2, 0) is 10.8 Å². The standard InChI is InChI=1S/C34H62O2/c1-13-15-17-19-21-35-29-23-28(34(11,12)26-32(6,7)8)30(36-22-20-18-16-14-2)24-27(29)33(9,10)25-31(3,4)5/h23-24H,13-22,25-26H2,1-12H3. The second-order valence-electron chi connectivity index (χ2n) is 14.9. The van der Waals surface area contributed by atoms with Crippen molar-refractivity contribution in [2.24, 2.45) is 10.8 Å². The lowest BCUT2D eigenvalue weighted by atomic mass is 9.69. The Bertz CT molecular complexity index is 693. The van der Waals surface area contributed by atoms with Gasteiger partial charge >= 0.3 is 0 Å². The fourth-order valence-electron chi connectivity index (χ4n) is 6.12. The average molecular weight is 503 g/mol. The highest BCUT2D eigenvalue weighted by molar-refractivity contribution is 5.52. The molecular weight excluding hydrogens is 440 g/mol. The smallest absolute Gasteiger partial charge is 0.123 e. The molecule has 210 valence electrons. The summed E-state index contributed by atoms with van der Waals surface area (Å²) in [6, 6.07) is 4.71. The summed E-state index contributed by atoms with van der Waals surface area (Å²) in [6.45, 7) is 29.6. The fraction of sp³-hybridized carbons (Fsp3) is 0.824. The van der Waals surface area contributed by atoms with Gasteiger partial charge in [-0.05, 0) is 59.5 Å². The molecular formula is C34H62O2. The Morgan fingerprint density at radius 2 is 0.833 bits per heavy atom. The van der Waals surface area contributed by atoms with Gasteiger partial charge in [0, 0.05) is 11.1 Å². The van der Waals surface area contributed by atoms with E-state index in [1.807, 2.05) is 0 Å². The molecule has 0 saturated heterocycles. The predicted molar refractivity (Wildman–Crippen MR) is 160 cm³/mol. The monoisotopic (exact) mass is 502 g/mol. The van der Waals surface area contributed by atoms with Crippen LogP contribution in [-0.4, -0.2) is 13.2 Å². The molecule has 1 aromatic carbocycles. The van der Waals surface area contributed by atoms with Crippen molar-refractivity contribution >= 4 is 0 Å². The molecule has 0 saturated carbocycles. The third kappa shape index (κ3) is 11.9. The lowest BCUT2D eigenvalue weighted by molar-refractivity contribution is 0.249. The number of rotatable bonds is 16. The number of hydrogen-bond donors (Lipinski definition) is 0. The first-order valence-electron chi connectivity index (χ1n) is 15.0. The van der Waals surface area contributed by atoms with Crippen LogP contribution in [0, 0.1) is 10.8 Å². The maximum absolute atomic E-state index is 6.61. The Balaban J connectivity index is 3.53. The van der Waals surface area contributed by atoms with E-state index < -0.39 is 0 Å². The zero-order valence-electron chi connectivity index (χ0n) is 26.5. The van der Waals surface area contributed by atoms with Gasteiger partial charge in [0.05, 0.1) is 13.2 Å². The van der Waals surface area contributed by atoms with Crippen molar-refractivity contribution < 1.29 is 9.47 Å². The SMILES string of the molecule is CCCCCCOc1cc(C(C)(C)CC(C)(C)C)c(OCCCCCC)cc1C(C)(C)CC(C)(C)C. The van der Waals surface area contributed by atoms with Gasteiger partial charge in [-0.25, -0.2) is 0 Å². The second-order valence-corrected chi connectivity index (χ2v) is 14.9. The Morgan fingerprint density at radius 3 is 1.11 bits per heavy atom. The molecule has 0 atom stereocenters. The highest BCUT2D eigenvalue weighted by atomic mass is 16.5. The third-order valence-corrected chi connectivity index (χ3v) is 7.00. The summed E-state index contributed by atoms with van der Waals surface area (Å²) in [5, 5.41) is 0. The molecule has 2 nitrogen and oxygen atoms in total. The molecule has 0 amide bonds. The van der Waals surface area contributed by atoms with Crippen LogP contribution >= 0.6 is 0 Å². The van der Waals surface area contributed by atoms with Crippen molar-refractivity contribution in [3.05, 3.63) is 23.3 Å². The quantitative estimate of drug-likeness (QED) is 0.209. The van der Waals surface area contributed by atoms with E-state index in [1.54, 1.807) is 0 Å². The minimum atomic E-state index is -0.00990. The van der Waals surface area contributed by atoms with Gasteiger partial charge < -0.3 is 9.47 Å². The van der Waals surface area contributed by atoms with Crippen LogP contribution in [0.2, 0.25) is 0 Å². The maximum atomic E-state index is 6.61. The lowest BCUT2D eigenvalue weighted by Crippen LogP contribution is -2.28. The lowest BCUT2D eigenvalue weighted by Gasteiger charge is -2.37. The normalized spacial score (nSPS) is 13.2. The van der Waals surface area contributed by atoms with E-state index in [2.05, 4.69) is 95.2 Å². The number of hydrogen-bond acceptors (Lipinski definition) is 2. The summed E-state index contributed by atoms with van der Waals surface area (Å²) in [6.07, 6.45) is 11.9. The van der Waals surface area contributed by atoms with Crippen LogP contribution in [0.3, 0.4) is 0 Å². The Kier molecular flexibility index (Phi) is 12.9. The topological polar surface area (TPSA) is 18.5 Å². The van der Waals surface area contributed by atoms with E-state index in [0.717, 1.165) is 50.4 Å². The minimum Gasteiger partial charge on any atom is -0.493 e. The van der Waals surface area contributed by atoms with E-state index in [0.29, 0.717) is 0 Å². The van der Waals surface area contributed by atoms with Crippen molar-refractivity contribution in [1.29, 1.82) is 0 Å². The molecule has 2 heteroatoms. The van der Waals surface area contributed by atoms with Gasteiger partial charge in [0.2, 0.25) is 0 Å². The first kappa shape index (κ1) is 32.8. The first-order valence-corrected chi connectivity index (χ1v) is 15.0. The van der Waals surface area contributed by atoms with E-state index in [1.165, 1.54) is 49.7 Å². The summed E-state index contributed by atoms with van der Waals surface area (Å²) in [5.74, 6) is 2.13. The van der Waals surface area contributed by atoms with E-state index in [9.17, 15) is 0 Å². The summed E-state index contributed by atoms with van der Waals surface area (Å²) in [5.41, 5.74) is 3.03. The zero-order valence-corrected chi connectivity index (χ0v) is 26.5. The summed E-state index contributed by atoms with van der Waals surface area (Å²) >= 11 is 0. The number of ether oxygens (including phenoxy) is 2. The Hall–Kier alpha value is -1.18. The molecule has 0 bridgehead atoms. The summed E-state index contributed by atoms with van der Waals surface area (Å²) < 4.78 is 13.2. The highest BCUT2D eigenvalue weighted by Crippen LogP contribution is 2.47. The van der Waals surface area contributed by atoms with Crippen molar-refractivity contribution in [3.8, 4) is 11.5 Å².